The molecule has 9 nitrogen and oxygen atoms in total. The first-order valence-electron chi connectivity index (χ1n) is 10.3. The summed E-state index contributed by atoms with van der Waals surface area (Å²) in [6, 6.07) is 14.9. The highest BCUT2D eigenvalue weighted by molar-refractivity contribution is 5.97. The van der Waals surface area contributed by atoms with Crippen LogP contribution in [0.25, 0.3) is 17.1 Å². The molecular weight excluding hydrogens is 422 g/mol. The van der Waals surface area contributed by atoms with E-state index in [0.29, 0.717) is 28.5 Å². The lowest BCUT2D eigenvalue weighted by Gasteiger charge is -2.10. The Balaban J connectivity index is 1.56. The van der Waals surface area contributed by atoms with Crippen LogP contribution in [0.5, 0.6) is 17.2 Å². The van der Waals surface area contributed by atoms with Gasteiger partial charge in [-0.1, -0.05) is 0 Å². The highest BCUT2D eigenvalue weighted by Crippen LogP contribution is 2.30. The van der Waals surface area contributed by atoms with E-state index in [1.165, 1.54) is 4.80 Å². The second kappa shape index (κ2) is 9.15. The molecule has 0 atom stereocenters. The van der Waals surface area contributed by atoms with E-state index in [0.717, 1.165) is 22.8 Å². The van der Waals surface area contributed by atoms with E-state index in [2.05, 4.69) is 15.4 Å². The first kappa shape index (κ1) is 22.1. The van der Waals surface area contributed by atoms with Crippen LogP contribution in [0.2, 0.25) is 0 Å². The maximum atomic E-state index is 13.1. The standard InChI is InChI=1S/C24H25N5O4/c1-15-12-20(16(2)29(15)18-7-9-19(31-3)10-8-18)21(30)14-28-26-24(25-27-28)17-6-11-22(32-4)23(13-17)33-5/h6-13H,14H2,1-5H3. The third-order valence-corrected chi connectivity index (χ3v) is 5.44. The fourth-order valence-corrected chi connectivity index (χ4v) is 3.79. The van der Waals surface area contributed by atoms with Crippen LogP contribution < -0.4 is 14.2 Å². The number of aryl methyl sites for hydroxylation is 1. The van der Waals surface area contributed by atoms with E-state index in [9.17, 15) is 4.79 Å². The van der Waals surface area contributed by atoms with Gasteiger partial charge in [0.1, 0.15) is 12.3 Å². The Morgan fingerprint density at radius 3 is 2.30 bits per heavy atom. The van der Waals surface area contributed by atoms with Gasteiger partial charge in [-0.15, -0.1) is 10.2 Å². The molecule has 2 aromatic heterocycles. The van der Waals surface area contributed by atoms with Crippen LogP contribution in [0, 0.1) is 13.8 Å². The van der Waals surface area contributed by atoms with Crippen molar-refractivity contribution in [3.8, 4) is 34.3 Å². The molecule has 0 spiro atoms. The number of benzene rings is 2. The molecule has 0 N–H and O–H groups in total. The van der Waals surface area contributed by atoms with Gasteiger partial charge in [0.2, 0.25) is 5.82 Å². The van der Waals surface area contributed by atoms with Crippen molar-refractivity contribution in [1.29, 1.82) is 0 Å². The van der Waals surface area contributed by atoms with E-state index < -0.39 is 0 Å². The number of carbonyl (C=O) groups is 1. The fourth-order valence-electron chi connectivity index (χ4n) is 3.79. The summed E-state index contributed by atoms with van der Waals surface area (Å²) in [5, 5.41) is 12.5. The van der Waals surface area contributed by atoms with Crippen molar-refractivity contribution in [1.82, 2.24) is 24.8 Å². The summed E-state index contributed by atoms with van der Waals surface area (Å²) in [6.07, 6.45) is 0. The Labute approximate surface area is 191 Å². The third kappa shape index (κ3) is 4.30. The van der Waals surface area contributed by atoms with Gasteiger partial charge in [-0.3, -0.25) is 4.79 Å². The van der Waals surface area contributed by atoms with Crippen molar-refractivity contribution in [2.75, 3.05) is 21.3 Å². The van der Waals surface area contributed by atoms with Crippen LogP contribution in [-0.2, 0) is 6.54 Å². The molecule has 9 heteroatoms. The lowest BCUT2D eigenvalue weighted by molar-refractivity contribution is 0.0961. The van der Waals surface area contributed by atoms with Crippen LogP contribution >= 0.6 is 0 Å². The fraction of sp³-hybridized carbons (Fsp3) is 0.250. The van der Waals surface area contributed by atoms with Gasteiger partial charge in [0, 0.05) is 28.2 Å². The van der Waals surface area contributed by atoms with Gasteiger partial charge in [-0.25, -0.2) is 0 Å². The predicted molar refractivity (Wildman–Crippen MR) is 122 cm³/mol. The van der Waals surface area contributed by atoms with Gasteiger partial charge in [0.15, 0.2) is 17.3 Å². The van der Waals surface area contributed by atoms with Gasteiger partial charge in [-0.2, -0.15) is 4.80 Å². The van der Waals surface area contributed by atoms with Crippen LogP contribution in [0.3, 0.4) is 0 Å². The monoisotopic (exact) mass is 447 g/mol. The SMILES string of the molecule is COc1ccc(-n2c(C)cc(C(=O)Cn3nnc(-c4ccc(OC)c(OC)c4)n3)c2C)cc1. The van der Waals surface area contributed by atoms with Crippen molar-refractivity contribution >= 4 is 5.78 Å². The molecule has 4 rings (SSSR count). The van der Waals surface area contributed by atoms with Crippen molar-refractivity contribution in [3.63, 3.8) is 0 Å². The number of ketones is 1. The third-order valence-electron chi connectivity index (χ3n) is 5.44. The zero-order chi connectivity index (χ0) is 23.5. The van der Waals surface area contributed by atoms with Crippen LogP contribution in [0.15, 0.2) is 48.5 Å². The quantitative estimate of drug-likeness (QED) is 0.381. The number of hydrogen-bond acceptors (Lipinski definition) is 7. The Kier molecular flexibility index (Phi) is 6.12. The molecule has 2 heterocycles. The van der Waals surface area contributed by atoms with Gasteiger partial charge >= 0.3 is 0 Å². The lowest BCUT2D eigenvalue weighted by atomic mass is 10.1. The van der Waals surface area contributed by atoms with Crippen LogP contribution in [0.1, 0.15) is 21.7 Å². The Morgan fingerprint density at radius 1 is 0.909 bits per heavy atom. The van der Waals surface area contributed by atoms with Gasteiger partial charge in [0.05, 0.1) is 21.3 Å². The van der Waals surface area contributed by atoms with Gasteiger partial charge < -0.3 is 18.8 Å². The highest BCUT2D eigenvalue weighted by atomic mass is 16.5. The number of carbonyl (C=O) groups excluding carboxylic acids is 1. The summed E-state index contributed by atoms with van der Waals surface area (Å²) in [6.45, 7) is 3.87. The zero-order valence-electron chi connectivity index (χ0n) is 19.2. The lowest BCUT2D eigenvalue weighted by Crippen LogP contribution is -2.14. The molecule has 0 saturated carbocycles. The molecule has 0 aliphatic heterocycles. The molecule has 0 aliphatic carbocycles. The van der Waals surface area contributed by atoms with E-state index in [1.54, 1.807) is 33.5 Å². The van der Waals surface area contributed by atoms with Crippen molar-refractivity contribution in [3.05, 3.63) is 65.5 Å². The average Bonchev–Trinajstić information content (AvgIpc) is 3.42. The van der Waals surface area contributed by atoms with E-state index >= 15 is 0 Å². The summed E-state index contributed by atoms with van der Waals surface area (Å²) >= 11 is 0. The Hall–Kier alpha value is -4.14. The number of Topliss-reactive ketones (excluding diaryl/α,β-unsaturated/α-hetero) is 1. The van der Waals surface area contributed by atoms with Crippen molar-refractivity contribution in [2.24, 2.45) is 0 Å². The minimum atomic E-state index is -0.0980. The zero-order valence-corrected chi connectivity index (χ0v) is 19.2. The van der Waals surface area contributed by atoms with Gasteiger partial charge in [-0.05, 0) is 67.6 Å². The van der Waals surface area contributed by atoms with E-state index in [1.807, 2.05) is 54.8 Å². The topological polar surface area (TPSA) is 93.3 Å². The minimum Gasteiger partial charge on any atom is -0.497 e. The Bertz CT molecular complexity index is 1290. The van der Waals surface area contributed by atoms with Crippen molar-refractivity contribution in [2.45, 2.75) is 20.4 Å². The maximum Gasteiger partial charge on any atom is 0.205 e. The largest absolute Gasteiger partial charge is 0.497 e. The van der Waals surface area contributed by atoms with Crippen molar-refractivity contribution < 1.29 is 19.0 Å². The first-order chi connectivity index (χ1) is 15.9. The second-order valence-electron chi connectivity index (χ2n) is 7.45. The van der Waals surface area contributed by atoms with Crippen LogP contribution in [-0.4, -0.2) is 51.9 Å². The summed E-state index contributed by atoms with van der Waals surface area (Å²) < 4.78 is 17.9. The molecule has 0 fully saturated rings. The number of aromatic nitrogens is 5. The van der Waals surface area contributed by atoms with E-state index in [4.69, 9.17) is 14.2 Å². The molecule has 4 aromatic rings. The number of methoxy groups -OCH3 is 3. The summed E-state index contributed by atoms with van der Waals surface area (Å²) in [4.78, 5) is 14.4. The molecule has 0 aliphatic rings. The number of nitrogens with zero attached hydrogens (tertiary/aromatic N) is 5. The second-order valence-corrected chi connectivity index (χ2v) is 7.45. The smallest absolute Gasteiger partial charge is 0.205 e. The number of hydrogen-bond donors (Lipinski definition) is 0. The molecule has 0 saturated heterocycles. The normalized spacial score (nSPS) is 10.8. The van der Waals surface area contributed by atoms with Crippen LogP contribution in [0.4, 0.5) is 0 Å². The molecule has 33 heavy (non-hydrogen) atoms. The first-order valence-corrected chi connectivity index (χ1v) is 10.3. The number of ether oxygens (including phenoxy) is 3. The molecule has 0 bridgehead atoms. The predicted octanol–water partition coefficient (Wildman–Crippen LogP) is 3.66. The molecule has 0 amide bonds. The maximum absolute atomic E-state index is 13.1. The highest BCUT2D eigenvalue weighted by Gasteiger charge is 2.19. The molecule has 170 valence electrons. The molecule has 2 aromatic carbocycles. The minimum absolute atomic E-state index is 0.0206. The average molecular weight is 447 g/mol. The number of tetrazole rings is 1. The summed E-state index contributed by atoms with van der Waals surface area (Å²) in [5.41, 5.74) is 4.10. The Morgan fingerprint density at radius 2 is 1.64 bits per heavy atom. The summed E-state index contributed by atoms with van der Waals surface area (Å²) in [5.74, 6) is 2.25. The molecule has 0 radical (unpaired) electrons. The van der Waals surface area contributed by atoms with Gasteiger partial charge in [0.25, 0.3) is 0 Å². The molecule has 0 unspecified atom stereocenters. The molecular formula is C24H25N5O4. The number of rotatable bonds is 8. The van der Waals surface area contributed by atoms with E-state index in [-0.39, 0.29) is 12.3 Å². The summed E-state index contributed by atoms with van der Waals surface area (Å²) in [7, 11) is 4.77.